The van der Waals surface area contributed by atoms with Crippen LogP contribution in [0.15, 0.2) is 36.4 Å². The maximum Gasteiger partial charge on any atom is 0.338 e. The van der Waals surface area contributed by atoms with E-state index in [1.165, 1.54) is 0 Å². The number of hydrogen-bond donors (Lipinski definition) is 0. The zero-order chi connectivity index (χ0) is 10.6. The normalized spacial score (nSPS) is 9.57. The summed E-state index contributed by atoms with van der Waals surface area (Å²) in [7, 11) is 0. The molecule has 0 amide bonds. The van der Waals surface area contributed by atoms with Gasteiger partial charge in [-0.2, -0.15) is 0 Å². The molecule has 14 heavy (non-hydrogen) atoms. The molecule has 0 aromatic heterocycles. The molecule has 0 aliphatic heterocycles. The molecular formula is C12H13O2. The first-order valence-electron chi connectivity index (χ1n) is 4.39. The van der Waals surface area contributed by atoms with Crippen LogP contribution in [0.4, 0.5) is 0 Å². The summed E-state index contributed by atoms with van der Waals surface area (Å²) in [6, 6.07) is 7.27. The highest BCUT2D eigenvalue weighted by Crippen LogP contribution is 2.13. The standard InChI is InChI=1S/C12H13O2/c1-4-10-5-7-11(8-6-10)14-12(13)9(2)3/h5-8H,1-2,4H2,3H3. The summed E-state index contributed by atoms with van der Waals surface area (Å²) in [5.74, 6) is 0.141. The Hall–Kier alpha value is -1.57. The van der Waals surface area contributed by atoms with Gasteiger partial charge in [-0.1, -0.05) is 18.7 Å². The molecule has 0 spiro atoms. The van der Waals surface area contributed by atoms with Gasteiger partial charge < -0.3 is 4.74 Å². The average molecular weight is 189 g/mol. The van der Waals surface area contributed by atoms with Crippen molar-refractivity contribution < 1.29 is 9.53 Å². The van der Waals surface area contributed by atoms with Gasteiger partial charge in [-0.15, -0.1) is 0 Å². The lowest BCUT2D eigenvalue weighted by molar-refractivity contribution is -0.130. The summed E-state index contributed by atoms with van der Waals surface area (Å²) in [5, 5.41) is 0. The first-order valence-corrected chi connectivity index (χ1v) is 4.39. The highest BCUT2D eigenvalue weighted by molar-refractivity contribution is 5.88. The molecule has 0 fully saturated rings. The second-order valence-electron chi connectivity index (χ2n) is 3.06. The van der Waals surface area contributed by atoms with Crippen LogP contribution in [0.5, 0.6) is 5.75 Å². The summed E-state index contributed by atoms with van der Waals surface area (Å²) in [6.07, 6.45) is 0.731. The fourth-order valence-electron chi connectivity index (χ4n) is 0.918. The lowest BCUT2D eigenvalue weighted by atomic mass is 10.2. The third-order valence-corrected chi connectivity index (χ3v) is 1.77. The van der Waals surface area contributed by atoms with Crippen LogP contribution < -0.4 is 4.74 Å². The maximum absolute atomic E-state index is 11.1. The molecule has 1 aromatic rings. The number of ether oxygens (including phenoxy) is 1. The minimum absolute atomic E-state index is 0.395. The largest absolute Gasteiger partial charge is 0.423 e. The summed E-state index contributed by atoms with van der Waals surface area (Å²) in [4.78, 5) is 11.1. The molecule has 0 aliphatic rings. The average Bonchev–Trinajstić information content (AvgIpc) is 2.19. The van der Waals surface area contributed by atoms with Gasteiger partial charge in [-0.3, -0.25) is 0 Å². The van der Waals surface area contributed by atoms with Gasteiger partial charge in [0.05, 0.1) is 0 Å². The van der Waals surface area contributed by atoms with Gasteiger partial charge in [0.1, 0.15) is 5.75 Å². The van der Waals surface area contributed by atoms with Crippen LogP contribution in [0.3, 0.4) is 0 Å². The second kappa shape index (κ2) is 4.61. The summed E-state index contributed by atoms with van der Waals surface area (Å²) in [5.41, 5.74) is 1.51. The molecule has 2 heteroatoms. The fourth-order valence-corrected chi connectivity index (χ4v) is 0.918. The van der Waals surface area contributed by atoms with Crippen molar-refractivity contribution >= 4 is 5.97 Å². The van der Waals surface area contributed by atoms with Crippen molar-refractivity contribution in [2.24, 2.45) is 0 Å². The predicted molar refractivity (Wildman–Crippen MR) is 56.0 cm³/mol. The maximum atomic E-state index is 11.1. The van der Waals surface area contributed by atoms with E-state index in [4.69, 9.17) is 4.74 Å². The number of benzene rings is 1. The molecule has 0 heterocycles. The smallest absolute Gasteiger partial charge is 0.338 e. The number of rotatable bonds is 3. The van der Waals surface area contributed by atoms with Gasteiger partial charge in [0, 0.05) is 5.57 Å². The molecule has 1 radical (unpaired) electrons. The predicted octanol–water partition coefficient (Wildman–Crippen LogP) is 2.54. The molecule has 0 saturated heterocycles. The Bertz CT molecular complexity index is 336. The minimum Gasteiger partial charge on any atom is -0.423 e. The molecule has 2 nitrogen and oxygen atoms in total. The van der Waals surface area contributed by atoms with Crippen LogP contribution in [-0.4, -0.2) is 5.97 Å². The minimum atomic E-state index is -0.396. The molecule has 0 atom stereocenters. The molecule has 1 aromatic carbocycles. The van der Waals surface area contributed by atoms with Crippen LogP contribution in [0.1, 0.15) is 12.5 Å². The van der Waals surface area contributed by atoms with Gasteiger partial charge in [-0.25, -0.2) is 4.79 Å². The third kappa shape index (κ3) is 2.73. The van der Waals surface area contributed by atoms with E-state index in [-0.39, 0.29) is 0 Å². The van der Waals surface area contributed by atoms with E-state index in [1.807, 2.05) is 12.1 Å². The molecule has 1 rings (SSSR count). The van der Waals surface area contributed by atoms with E-state index in [0.717, 1.165) is 12.0 Å². The van der Waals surface area contributed by atoms with Gasteiger partial charge in [-0.05, 0) is 38.0 Å². The van der Waals surface area contributed by atoms with E-state index in [9.17, 15) is 4.79 Å². The van der Waals surface area contributed by atoms with Crippen molar-refractivity contribution in [1.82, 2.24) is 0 Å². The van der Waals surface area contributed by atoms with E-state index in [1.54, 1.807) is 19.1 Å². The zero-order valence-electron chi connectivity index (χ0n) is 8.25. The summed E-state index contributed by atoms with van der Waals surface area (Å²) >= 11 is 0. The van der Waals surface area contributed by atoms with Crippen molar-refractivity contribution in [3.63, 3.8) is 0 Å². The molecular weight excluding hydrogens is 176 g/mol. The molecule has 73 valence electrons. The van der Waals surface area contributed by atoms with E-state index in [2.05, 4.69) is 13.5 Å². The van der Waals surface area contributed by atoms with Crippen molar-refractivity contribution in [3.05, 3.63) is 48.9 Å². The molecule has 0 saturated carbocycles. The Labute approximate surface area is 84.2 Å². The zero-order valence-corrected chi connectivity index (χ0v) is 8.25. The van der Waals surface area contributed by atoms with Crippen LogP contribution in [0.25, 0.3) is 0 Å². The lowest BCUT2D eigenvalue weighted by Crippen LogP contribution is -2.07. The van der Waals surface area contributed by atoms with E-state index in [0.29, 0.717) is 11.3 Å². The Kier molecular flexibility index (Phi) is 3.46. The van der Waals surface area contributed by atoms with Gasteiger partial charge in [0.2, 0.25) is 0 Å². The van der Waals surface area contributed by atoms with Gasteiger partial charge in [0.25, 0.3) is 0 Å². The Morgan fingerprint density at radius 2 is 1.93 bits per heavy atom. The summed E-state index contributed by atoms with van der Waals surface area (Å²) in [6.45, 7) is 8.87. The topological polar surface area (TPSA) is 26.3 Å². The Balaban J connectivity index is 2.69. The molecule has 0 N–H and O–H groups in total. The SMILES string of the molecule is [CH2]Cc1ccc(OC(=O)C(=C)C)cc1. The lowest BCUT2D eigenvalue weighted by Gasteiger charge is -2.03. The summed E-state index contributed by atoms with van der Waals surface area (Å²) < 4.78 is 5.02. The number of esters is 1. The van der Waals surface area contributed by atoms with Crippen LogP contribution in [-0.2, 0) is 11.2 Å². The quantitative estimate of drug-likeness (QED) is 0.415. The molecule has 0 aliphatic carbocycles. The van der Waals surface area contributed by atoms with E-state index >= 15 is 0 Å². The number of hydrogen-bond acceptors (Lipinski definition) is 2. The van der Waals surface area contributed by atoms with Gasteiger partial charge in [0.15, 0.2) is 0 Å². The van der Waals surface area contributed by atoms with Crippen molar-refractivity contribution in [2.75, 3.05) is 0 Å². The van der Waals surface area contributed by atoms with Crippen LogP contribution >= 0.6 is 0 Å². The molecule has 0 bridgehead atoms. The van der Waals surface area contributed by atoms with Crippen molar-refractivity contribution in [1.29, 1.82) is 0 Å². The Morgan fingerprint density at radius 3 is 2.36 bits per heavy atom. The van der Waals surface area contributed by atoms with Crippen LogP contribution in [0, 0.1) is 6.92 Å². The number of carbonyl (C=O) groups excluding carboxylic acids is 1. The second-order valence-corrected chi connectivity index (χ2v) is 3.06. The van der Waals surface area contributed by atoms with E-state index < -0.39 is 5.97 Å². The number of carbonyl (C=O) groups is 1. The third-order valence-electron chi connectivity index (χ3n) is 1.77. The molecule has 0 unspecified atom stereocenters. The highest BCUT2D eigenvalue weighted by Gasteiger charge is 2.04. The monoisotopic (exact) mass is 189 g/mol. The van der Waals surface area contributed by atoms with Crippen molar-refractivity contribution in [3.8, 4) is 5.75 Å². The van der Waals surface area contributed by atoms with Crippen molar-refractivity contribution in [2.45, 2.75) is 13.3 Å². The van der Waals surface area contributed by atoms with Crippen LogP contribution in [0.2, 0.25) is 0 Å². The highest BCUT2D eigenvalue weighted by atomic mass is 16.5. The first kappa shape index (κ1) is 10.5. The Morgan fingerprint density at radius 1 is 1.36 bits per heavy atom. The van der Waals surface area contributed by atoms with Gasteiger partial charge >= 0.3 is 5.97 Å². The fraction of sp³-hybridized carbons (Fsp3) is 0.167. The first-order chi connectivity index (χ1) is 6.63.